The molecule has 2 saturated heterocycles. The molecule has 1 aromatic rings. The van der Waals surface area contributed by atoms with Crippen molar-refractivity contribution < 1.29 is 9.53 Å². The standard InChI is InChI=1S/C17H27N3O2/c1-13-10-14(2)20(18-13)12-15-6-3-4-8-19(15)17(21)11-16-7-5-9-22-16/h10,15-16H,3-9,11-12H2,1-2H3/t15-,16+/m0/s1. The molecule has 2 fully saturated rings. The maximum absolute atomic E-state index is 12.7. The van der Waals surface area contributed by atoms with Crippen LogP contribution >= 0.6 is 0 Å². The van der Waals surface area contributed by atoms with Crippen molar-refractivity contribution in [1.82, 2.24) is 14.7 Å². The smallest absolute Gasteiger partial charge is 0.225 e. The summed E-state index contributed by atoms with van der Waals surface area (Å²) in [5, 5.41) is 4.56. The number of nitrogens with zero attached hydrogens (tertiary/aromatic N) is 3. The van der Waals surface area contributed by atoms with Gasteiger partial charge in [0.2, 0.25) is 5.91 Å². The quantitative estimate of drug-likeness (QED) is 0.858. The molecule has 0 bridgehead atoms. The van der Waals surface area contributed by atoms with Crippen LogP contribution in [-0.4, -0.2) is 45.9 Å². The monoisotopic (exact) mass is 305 g/mol. The topological polar surface area (TPSA) is 47.4 Å². The lowest BCUT2D eigenvalue weighted by molar-refractivity contribution is -0.137. The number of hydrogen-bond donors (Lipinski definition) is 0. The number of amides is 1. The van der Waals surface area contributed by atoms with Crippen molar-refractivity contribution in [2.75, 3.05) is 13.2 Å². The second kappa shape index (κ2) is 6.82. The van der Waals surface area contributed by atoms with Crippen LogP contribution < -0.4 is 0 Å². The number of aromatic nitrogens is 2. The molecule has 0 saturated carbocycles. The molecule has 2 aliphatic heterocycles. The Morgan fingerprint density at radius 1 is 1.32 bits per heavy atom. The molecule has 5 heteroatoms. The lowest BCUT2D eigenvalue weighted by atomic mass is 10.0. The molecule has 0 aliphatic carbocycles. The van der Waals surface area contributed by atoms with Gasteiger partial charge in [-0.05, 0) is 52.0 Å². The molecule has 3 rings (SSSR count). The predicted molar refractivity (Wildman–Crippen MR) is 84.6 cm³/mol. The van der Waals surface area contributed by atoms with Gasteiger partial charge in [-0.15, -0.1) is 0 Å². The van der Waals surface area contributed by atoms with E-state index in [1.165, 1.54) is 12.1 Å². The van der Waals surface area contributed by atoms with Crippen LogP contribution in [0, 0.1) is 13.8 Å². The van der Waals surface area contributed by atoms with Crippen LogP contribution in [0.2, 0.25) is 0 Å². The summed E-state index contributed by atoms with van der Waals surface area (Å²) < 4.78 is 7.68. The zero-order chi connectivity index (χ0) is 15.5. The molecule has 1 amide bonds. The first-order valence-corrected chi connectivity index (χ1v) is 8.55. The van der Waals surface area contributed by atoms with E-state index in [2.05, 4.69) is 27.7 Å². The Bertz CT molecular complexity index is 520. The number of likely N-dealkylation sites (tertiary alicyclic amines) is 1. The molecule has 1 aromatic heterocycles. The third-order valence-electron chi connectivity index (χ3n) is 4.86. The maximum atomic E-state index is 12.7. The SMILES string of the molecule is Cc1cc(C)n(C[C@@H]2CCCCN2C(=O)C[C@H]2CCCO2)n1. The van der Waals surface area contributed by atoms with Crippen LogP contribution in [-0.2, 0) is 16.1 Å². The highest BCUT2D eigenvalue weighted by Crippen LogP contribution is 2.23. The summed E-state index contributed by atoms with van der Waals surface area (Å²) >= 11 is 0. The molecule has 2 aliphatic rings. The minimum atomic E-state index is 0.142. The molecule has 5 nitrogen and oxygen atoms in total. The van der Waals surface area contributed by atoms with E-state index in [4.69, 9.17) is 4.74 Å². The average molecular weight is 305 g/mol. The summed E-state index contributed by atoms with van der Waals surface area (Å²) in [6.45, 7) is 6.62. The van der Waals surface area contributed by atoms with Crippen LogP contribution in [0.3, 0.4) is 0 Å². The number of carbonyl (C=O) groups excluding carboxylic acids is 1. The normalized spacial score (nSPS) is 25.6. The number of aryl methyl sites for hydroxylation is 2. The molecular formula is C17H27N3O2. The zero-order valence-corrected chi connectivity index (χ0v) is 13.8. The second-order valence-electron chi connectivity index (χ2n) is 6.69. The minimum Gasteiger partial charge on any atom is -0.378 e. The Labute approximate surface area is 132 Å². The van der Waals surface area contributed by atoms with E-state index in [9.17, 15) is 4.79 Å². The van der Waals surface area contributed by atoms with Crippen LogP contribution in [0.4, 0.5) is 0 Å². The molecule has 0 N–H and O–H groups in total. The van der Waals surface area contributed by atoms with Gasteiger partial charge in [0, 0.05) is 18.8 Å². The van der Waals surface area contributed by atoms with Gasteiger partial charge in [-0.1, -0.05) is 0 Å². The highest BCUT2D eigenvalue weighted by Gasteiger charge is 2.30. The first-order valence-electron chi connectivity index (χ1n) is 8.55. The van der Waals surface area contributed by atoms with Crippen molar-refractivity contribution >= 4 is 5.91 Å². The average Bonchev–Trinajstić information content (AvgIpc) is 3.10. The van der Waals surface area contributed by atoms with Gasteiger partial charge in [0.25, 0.3) is 0 Å². The Balaban J connectivity index is 1.65. The Hall–Kier alpha value is -1.36. The number of piperidine rings is 1. The third kappa shape index (κ3) is 3.51. The molecule has 3 heterocycles. The van der Waals surface area contributed by atoms with Crippen LogP contribution in [0.25, 0.3) is 0 Å². The van der Waals surface area contributed by atoms with Gasteiger partial charge in [-0.2, -0.15) is 5.10 Å². The fraction of sp³-hybridized carbons (Fsp3) is 0.765. The van der Waals surface area contributed by atoms with Crippen molar-refractivity contribution in [2.45, 2.75) is 71.1 Å². The number of carbonyl (C=O) groups is 1. The lowest BCUT2D eigenvalue weighted by Gasteiger charge is -2.36. The second-order valence-corrected chi connectivity index (χ2v) is 6.69. The molecule has 0 spiro atoms. The van der Waals surface area contributed by atoms with Crippen molar-refractivity contribution in [3.63, 3.8) is 0 Å². The lowest BCUT2D eigenvalue weighted by Crippen LogP contribution is -2.46. The van der Waals surface area contributed by atoms with E-state index < -0.39 is 0 Å². The van der Waals surface area contributed by atoms with E-state index in [-0.39, 0.29) is 18.1 Å². The van der Waals surface area contributed by atoms with Crippen LogP contribution in [0.5, 0.6) is 0 Å². The zero-order valence-electron chi connectivity index (χ0n) is 13.8. The van der Waals surface area contributed by atoms with Crippen molar-refractivity contribution in [3.8, 4) is 0 Å². The summed E-state index contributed by atoms with van der Waals surface area (Å²) in [7, 11) is 0. The van der Waals surface area contributed by atoms with Gasteiger partial charge in [0.1, 0.15) is 0 Å². The molecule has 2 atom stereocenters. The van der Waals surface area contributed by atoms with Crippen molar-refractivity contribution in [2.24, 2.45) is 0 Å². The van der Waals surface area contributed by atoms with Gasteiger partial charge >= 0.3 is 0 Å². The summed E-state index contributed by atoms with van der Waals surface area (Å²) in [6.07, 6.45) is 6.21. The number of rotatable bonds is 4. The largest absolute Gasteiger partial charge is 0.378 e. The first-order chi connectivity index (χ1) is 10.6. The fourth-order valence-corrected chi connectivity index (χ4v) is 3.70. The van der Waals surface area contributed by atoms with Crippen LogP contribution in [0.1, 0.15) is 49.9 Å². The van der Waals surface area contributed by atoms with E-state index in [0.717, 1.165) is 51.1 Å². The predicted octanol–water partition coefficient (Wildman–Crippen LogP) is 2.45. The third-order valence-corrected chi connectivity index (χ3v) is 4.86. The molecule has 122 valence electrons. The van der Waals surface area contributed by atoms with E-state index in [1.54, 1.807) is 0 Å². The van der Waals surface area contributed by atoms with Crippen molar-refractivity contribution in [3.05, 3.63) is 17.5 Å². The summed E-state index contributed by atoms with van der Waals surface area (Å²) in [6, 6.07) is 2.38. The van der Waals surface area contributed by atoms with Gasteiger partial charge in [0.15, 0.2) is 0 Å². The molecule has 0 radical (unpaired) electrons. The highest BCUT2D eigenvalue weighted by atomic mass is 16.5. The van der Waals surface area contributed by atoms with Crippen LogP contribution in [0.15, 0.2) is 6.07 Å². The van der Waals surface area contributed by atoms with Gasteiger partial charge in [-0.3, -0.25) is 9.48 Å². The van der Waals surface area contributed by atoms with E-state index in [1.807, 2.05) is 6.92 Å². The Kier molecular flexibility index (Phi) is 4.81. The molecular weight excluding hydrogens is 278 g/mol. The van der Waals surface area contributed by atoms with Gasteiger partial charge in [-0.25, -0.2) is 0 Å². The molecule has 22 heavy (non-hydrogen) atoms. The fourth-order valence-electron chi connectivity index (χ4n) is 3.70. The minimum absolute atomic E-state index is 0.142. The number of ether oxygens (including phenoxy) is 1. The van der Waals surface area contributed by atoms with Crippen molar-refractivity contribution in [1.29, 1.82) is 0 Å². The van der Waals surface area contributed by atoms with Gasteiger partial charge < -0.3 is 9.64 Å². The van der Waals surface area contributed by atoms with E-state index in [0.29, 0.717) is 6.42 Å². The Morgan fingerprint density at radius 3 is 2.86 bits per heavy atom. The maximum Gasteiger partial charge on any atom is 0.225 e. The van der Waals surface area contributed by atoms with Gasteiger partial charge in [0.05, 0.1) is 30.8 Å². The molecule has 0 unspecified atom stereocenters. The number of hydrogen-bond acceptors (Lipinski definition) is 3. The summed E-state index contributed by atoms with van der Waals surface area (Å²) in [5.41, 5.74) is 2.22. The molecule has 0 aromatic carbocycles. The first kappa shape index (κ1) is 15.5. The summed E-state index contributed by atoms with van der Waals surface area (Å²) in [5.74, 6) is 0.262. The summed E-state index contributed by atoms with van der Waals surface area (Å²) in [4.78, 5) is 14.7. The Morgan fingerprint density at radius 2 is 2.18 bits per heavy atom. The van der Waals surface area contributed by atoms with E-state index >= 15 is 0 Å². The highest BCUT2D eigenvalue weighted by molar-refractivity contribution is 5.77.